The van der Waals surface area contributed by atoms with Gasteiger partial charge in [-0.05, 0) is 55.7 Å². The first-order valence-corrected chi connectivity index (χ1v) is 12.2. The average Bonchev–Trinajstić information content (AvgIpc) is 2.75. The van der Waals surface area contributed by atoms with Crippen LogP contribution in [0.3, 0.4) is 0 Å². The van der Waals surface area contributed by atoms with Crippen molar-refractivity contribution in [2.75, 3.05) is 23.7 Å². The number of sulfonamides is 1. The highest BCUT2D eigenvalue weighted by Gasteiger charge is 2.25. The number of benzene rings is 2. The van der Waals surface area contributed by atoms with E-state index in [1.807, 2.05) is 0 Å². The van der Waals surface area contributed by atoms with Gasteiger partial charge in [-0.3, -0.25) is 13.9 Å². The molecule has 10 heteroatoms. The molecule has 0 fully saturated rings. The summed E-state index contributed by atoms with van der Waals surface area (Å²) in [6, 6.07) is 10.2. The first-order chi connectivity index (χ1) is 15.1. The van der Waals surface area contributed by atoms with E-state index in [2.05, 4.69) is 5.32 Å². The monoisotopic (exact) mass is 478 g/mol. The molecule has 0 bridgehead atoms. The van der Waals surface area contributed by atoms with Crippen LogP contribution in [-0.2, 0) is 26.0 Å². The maximum Gasteiger partial charge on any atom is 0.328 e. The Balaban J connectivity index is 1.60. The van der Waals surface area contributed by atoms with Crippen LogP contribution in [0.2, 0.25) is 5.02 Å². The fourth-order valence-corrected chi connectivity index (χ4v) is 4.62. The van der Waals surface area contributed by atoms with E-state index in [0.29, 0.717) is 30.6 Å². The van der Waals surface area contributed by atoms with Crippen LogP contribution in [0, 0.1) is 0 Å². The molecule has 32 heavy (non-hydrogen) atoms. The summed E-state index contributed by atoms with van der Waals surface area (Å²) in [4.78, 5) is 37.0. The van der Waals surface area contributed by atoms with Gasteiger partial charge in [0.25, 0.3) is 5.91 Å². The van der Waals surface area contributed by atoms with Gasteiger partial charge in [-0.2, -0.15) is 0 Å². The maximum absolute atomic E-state index is 12.5. The topological polar surface area (TPSA) is 110 Å². The molecule has 0 spiro atoms. The predicted octanol–water partition coefficient (Wildman–Crippen LogP) is 2.60. The smallest absolute Gasteiger partial charge is 0.328 e. The lowest BCUT2D eigenvalue weighted by Gasteiger charge is -2.29. The van der Waals surface area contributed by atoms with Crippen LogP contribution in [-0.4, -0.2) is 51.5 Å². The summed E-state index contributed by atoms with van der Waals surface area (Å²) in [6.07, 6.45) is 2.44. The summed E-state index contributed by atoms with van der Waals surface area (Å²) in [5.41, 5.74) is 1.85. The molecule has 2 aromatic rings. The van der Waals surface area contributed by atoms with Crippen LogP contribution < -0.4 is 9.62 Å². The zero-order valence-electron chi connectivity index (χ0n) is 17.6. The Morgan fingerprint density at radius 3 is 2.59 bits per heavy atom. The number of carbonyl (C=O) groups excluding carboxylic acids is 3. The van der Waals surface area contributed by atoms with E-state index in [4.69, 9.17) is 16.3 Å². The van der Waals surface area contributed by atoms with Crippen molar-refractivity contribution in [2.24, 2.45) is 0 Å². The van der Waals surface area contributed by atoms with E-state index in [1.165, 1.54) is 23.4 Å². The number of ether oxygens (including phenoxy) is 1. The van der Waals surface area contributed by atoms with Crippen LogP contribution in [0.4, 0.5) is 5.69 Å². The van der Waals surface area contributed by atoms with Gasteiger partial charge < -0.3 is 10.1 Å². The standard InChI is InChI=1S/C22H23ClN2O6S/c1-14(24-21(27)17-7-3-4-8-18(17)23)22(28)31-13-20(26)16-9-10-19-15(12-16)6-5-11-25(19)32(2,29)30/h3-4,7-10,12,14H,5-6,11,13H2,1-2H3,(H,24,27)/t14-/m0/s1. The largest absolute Gasteiger partial charge is 0.456 e. The van der Waals surface area contributed by atoms with E-state index in [1.54, 1.807) is 30.3 Å². The van der Waals surface area contributed by atoms with Crippen LogP contribution in [0.1, 0.15) is 39.6 Å². The number of hydrogen-bond acceptors (Lipinski definition) is 6. The summed E-state index contributed by atoms with van der Waals surface area (Å²) in [5, 5.41) is 2.74. The van der Waals surface area contributed by atoms with Crippen molar-refractivity contribution in [2.45, 2.75) is 25.8 Å². The maximum atomic E-state index is 12.5. The van der Waals surface area contributed by atoms with Gasteiger partial charge in [0, 0.05) is 12.1 Å². The lowest BCUT2D eigenvalue weighted by atomic mass is 9.99. The third-order valence-electron chi connectivity index (χ3n) is 5.04. The number of nitrogens with zero attached hydrogens (tertiary/aromatic N) is 1. The second kappa shape index (κ2) is 9.70. The normalized spacial score (nSPS) is 14.3. The summed E-state index contributed by atoms with van der Waals surface area (Å²) >= 11 is 5.98. The Morgan fingerprint density at radius 2 is 1.91 bits per heavy atom. The summed E-state index contributed by atoms with van der Waals surface area (Å²) in [7, 11) is -3.40. The minimum atomic E-state index is -3.40. The molecule has 0 unspecified atom stereocenters. The number of carbonyl (C=O) groups is 3. The number of aryl methyl sites for hydroxylation is 1. The zero-order valence-corrected chi connectivity index (χ0v) is 19.2. The molecule has 1 heterocycles. The second-order valence-corrected chi connectivity index (χ2v) is 9.80. The molecule has 8 nitrogen and oxygen atoms in total. The first-order valence-electron chi connectivity index (χ1n) is 9.94. The number of rotatable bonds is 7. The van der Waals surface area contributed by atoms with Crippen LogP contribution >= 0.6 is 11.6 Å². The number of Topliss-reactive ketones (excluding diaryl/α,β-unsaturated/α-hetero) is 1. The van der Waals surface area contributed by atoms with Gasteiger partial charge in [0.1, 0.15) is 6.04 Å². The fourth-order valence-electron chi connectivity index (χ4n) is 3.40. The Morgan fingerprint density at radius 1 is 1.19 bits per heavy atom. The zero-order chi connectivity index (χ0) is 23.5. The van der Waals surface area contributed by atoms with Gasteiger partial charge >= 0.3 is 5.97 Å². The van der Waals surface area contributed by atoms with Gasteiger partial charge in [-0.25, -0.2) is 13.2 Å². The Bertz CT molecular complexity index is 1160. The third kappa shape index (κ3) is 5.46. The average molecular weight is 479 g/mol. The number of hydrogen-bond donors (Lipinski definition) is 1. The van der Waals surface area contributed by atoms with Gasteiger partial charge in [-0.15, -0.1) is 0 Å². The number of ketones is 1. The highest BCUT2D eigenvalue weighted by Crippen LogP contribution is 2.30. The second-order valence-electron chi connectivity index (χ2n) is 7.49. The summed E-state index contributed by atoms with van der Waals surface area (Å²) in [6.45, 7) is 1.34. The number of amides is 1. The lowest BCUT2D eigenvalue weighted by Crippen LogP contribution is -2.40. The number of esters is 1. The number of anilines is 1. The molecule has 1 N–H and O–H groups in total. The quantitative estimate of drug-likeness (QED) is 0.484. The Labute approximate surface area is 191 Å². The third-order valence-corrected chi connectivity index (χ3v) is 6.55. The molecule has 0 aliphatic carbocycles. The molecule has 1 atom stereocenters. The number of fused-ring (bicyclic) bond motifs is 1. The van der Waals surface area contributed by atoms with E-state index in [-0.39, 0.29) is 10.6 Å². The van der Waals surface area contributed by atoms with Crippen molar-refractivity contribution >= 4 is 45.0 Å². The molecule has 1 aliphatic rings. The van der Waals surface area contributed by atoms with Crippen molar-refractivity contribution in [3.63, 3.8) is 0 Å². The van der Waals surface area contributed by atoms with E-state index >= 15 is 0 Å². The molecule has 0 saturated heterocycles. The number of halogens is 1. The molecule has 3 rings (SSSR count). The van der Waals surface area contributed by atoms with Crippen molar-refractivity contribution in [1.82, 2.24) is 5.32 Å². The van der Waals surface area contributed by atoms with Crippen molar-refractivity contribution in [3.8, 4) is 0 Å². The van der Waals surface area contributed by atoms with Gasteiger partial charge in [0.05, 0.1) is 22.5 Å². The highest BCUT2D eigenvalue weighted by molar-refractivity contribution is 7.92. The molecule has 2 aromatic carbocycles. The molecular formula is C22H23ClN2O6S. The molecule has 0 radical (unpaired) electrons. The molecule has 1 aliphatic heterocycles. The number of nitrogens with one attached hydrogen (secondary N) is 1. The van der Waals surface area contributed by atoms with Gasteiger partial charge in [0.15, 0.2) is 12.4 Å². The van der Waals surface area contributed by atoms with Crippen LogP contribution in [0.25, 0.3) is 0 Å². The molecule has 1 amide bonds. The molecular weight excluding hydrogens is 456 g/mol. The predicted molar refractivity (Wildman–Crippen MR) is 121 cm³/mol. The van der Waals surface area contributed by atoms with Gasteiger partial charge in [0.2, 0.25) is 10.0 Å². The fraction of sp³-hybridized carbons (Fsp3) is 0.318. The summed E-state index contributed by atoms with van der Waals surface area (Å²) in [5.74, 6) is -1.72. The first kappa shape index (κ1) is 23.7. The SMILES string of the molecule is C[C@H](NC(=O)c1ccccc1Cl)C(=O)OCC(=O)c1ccc2c(c1)CCCN2S(C)(=O)=O. The summed E-state index contributed by atoms with van der Waals surface area (Å²) < 4.78 is 30.3. The van der Waals surface area contributed by atoms with E-state index < -0.39 is 40.3 Å². The minimum Gasteiger partial charge on any atom is -0.456 e. The molecule has 0 saturated carbocycles. The highest BCUT2D eigenvalue weighted by atomic mass is 35.5. The van der Waals surface area contributed by atoms with Gasteiger partial charge in [-0.1, -0.05) is 23.7 Å². The minimum absolute atomic E-state index is 0.224. The van der Waals surface area contributed by atoms with E-state index in [9.17, 15) is 22.8 Å². The van der Waals surface area contributed by atoms with E-state index in [0.717, 1.165) is 11.8 Å². The Kier molecular flexibility index (Phi) is 7.20. The van der Waals surface area contributed by atoms with Crippen molar-refractivity contribution < 1.29 is 27.5 Å². The van der Waals surface area contributed by atoms with Crippen molar-refractivity contribution in [3.05, 3.63) is 64.2 Å². The molecule has 0 aromatic heterocycles. The van der Waals surface area contributed by atoms with Crippen LogP contribution in [0.5, 0.6) is 0 Å². The Hall–Kier alpha value is -2.91. The molecule has 170 valence electrons. The lowest BCUT2D eigenvalue weighted by molar-refractivity contribution is -0.144. The van der Waals surface area contributed by atoms with Crippen LogP contribution in [0.15, 0.2) is 42.5 Å². The van der Waals surface area contributed by atoms with Crippen molar-refractivity contribution in [1.29, 1.82) is 0 Å².